The Balaban J connectivity index is 1.98. The van der Waals surface area contributed by atoms with Crippen LogP contribution in [0.25, 0.3) is 11.1 Å². The Kier molecular flexibility index (Phi) is 3.66. The first-order chi connectivity index (χ1) is 11.7. The highest BCUT2D eigenvalue weighted by Crippen LogP contribution is 2.41. The Morgan fingerprint density at radius 1 is 0.917 bits per heavy atom. The molecule has 0 atom stereocenters. The zero-order chi connectivity index (χ0) is 16.5. The van der Waals surface area contributed by atoms with Gasteiger partial charge >= 0.3 is 0 Å². The van der Waals surface area contributed by atoms with E-state index in [1.54, 1.807) is 6.07 Å². The third-order valence-corrected chi connectivity index (χ3v) is 4.48. The smallest absolute Gasteiger partial charge is 0.123 e. The van der Waals surface area contributed by atoms with Crippen molar-refractivity contribution in [1.29, 1.82) is 0 Å². The Morgan fingerprint density at radius 3 is 2.50 bits per heavy atom. The number of halogens is 1. The van der Waals surface area contributed by atoms with Crippen LogP contribution in [0.5, 0.6) is 5.75 Å². The quantitative estimate of drug-likeness (QED) is 0.686. The number of allylic oxidation sites excluding steroid dienone is 1. The van der Waals surface area contributed by atoms with Gasteiger partial charge in [0.25, 0.3) is 0 Å². The lowest BCUT2D eigenvalue weighted by molar-refractivity contribution is 0.474. The predicted octanol–water partition coefficient (Wildman–Crippen LogP) is 5.24. The second-order valence-corrected chi connectivity index (χ2v) is 5.98. The molecule has 4 rings (SSSR count). The van der Waals surface area contributed by atoms with Crippen molar-refractivity contribution in [3.63, 3.8) is 0 Å². The summed E-state index contributed by atoms with van der Waals surface area (Å²) in [7, 11) is 0. The monoisotopic (exact) mass is 315 g/mol. The maximum Gasteiger partial charge on any atom is 0.123 e. The molecule has 0 aromatic heterocycles. The van der Waals surface area contributed by atoms with Crippen molar-refractivity contribution in [1.82, 2.24) is 0 Å². The van der Waals surface area contributed by atoms with Gasteiger partial charge in [0.15, 0.2) is 0 Å². The molecular formula is C22H16FO. The van der Waals surface area contributed by atoms with Crippen LogP contribution in [0.4, 0.5) is 4.39 Å². The number of aryl methyl sites for hydroxylation is 1. The first-order valence-electron chi connectivity index (χ1n) is 8.01. The fourth-order valence-electron chi connectivity index (χ4n) is 3.37. The van der Waals surface area contributed by atoms with E-state index in [0.717, 1.165) is 40.7 Å². The van der Waals surface area contributed by atoms with E-state index in [9.17, 15) is 9.50 Å². The molecule has 3 aromatic rings. The Bertz CT molecular complexity index is 908. The van der Waals surface area contributed by atoms with Crippen LogP contribution in [0, 0.1) is 11.9 Å². The van der Waals surface area contributed by atoms with Gasteiger partial charge in [0.2, 0.25) is 0 Å². The van der Waals surface area contributed by atoms with Crippen LogP contribution in [0.1, 0.15) is 28.7 Å². The summed E-state index contributed by atoms with van der Waals surface area (Å²) in [6.45, 7) is 0. The summed E-state index contributed by atoms with van der Waals surface area (Å²) < 4.78 is 13.3. The molecule has 0 amide bonds. The van der Waals surface area contributed by atoms with E-state index in [0.29, 0.717) is 0 Å². The minimum atomic E-state index is -0.228. The largest absolute Gasteiger partial charge is 0.508 e. The summed E-state index contributed by atoms with van der Waals surface area (Å²) >= 11 is 0. The minimum Gasteiger partial charge on any atom is -0.508 e. The Morgan fingerprint density at radius 2 is 1.75 bits per heavy atom. The summed E-state index contributed by atoms with van der Waals surface area (Å²) in [5.74, 6) is 0.0590. The lowest BCUT2D eigenvalue weighted by Gasteiger charge is -2.24. The molecule has 0 fully saturated rings. The number of hydrogen-bond acceptors (Lipinski definition) is 1. The molecular weight excluding hydrogens is 299 g/mol. The fourth-order valence-corrected chi connectivity index (χ4v) is 3.37. The third-order valence-electron chi connectivity index (χ3n) is 4.48. The molecule has 0 bridgehead atoms. The number of rotatable bonds is 2. The van der Waals surface area contributed by atoms with Crippen molar-refractivity contribution in [2.75, 3.05) is 0 Å². The van der Waals surface area contributed by atoms with Gasteiger partial charge in [-0.25, -0.2) is 4.39 Å². The lowest BCUT2D eigenvalue weighted by atomic mass is 9.80. The standard InChI is InChI=1S/C22H16FO/c23-18-9-6-15(7-10-18)20-12-8-17-14-19(24)11-13-21(17)22(20)16-4-2-1-3-5-16/h1-4,6-7,9-11,13-14,24H,8,12H2. The normalized spacial score (nSPS) is 13.7. The summed E-state index contributed by atoms with van der Waals surface area (Å²) in [5.41, 5.74) is 6.60. The topological polar surface area (TPSA) is 20.2 Å². The highest BCUT2D eigenvalue weighted by atomic mass is 19.1. The van der Waals surface area contributed by atoms with E-state index in [1.807, 2.05) is 48.5 Å². The van der Waals surface area contributed by atoms with Crippen molar-refractivity contribution in [3.8, 4) is 5.75 Å². The number of phenolic OH excluding ortho intramolecular Hbond substituents is 1. The van der Waals surface area contributed by atoms with E-state index in [-0.39, 0.29) is 11.6 Å². The van der Waals surface area contributed by atoms with E-state index in [2.05, 4.69) is 6.07 Å². The molecule has 1 nitrogen and oxygen atoms in total. The first-order valence-corrected chi connectivity index (χ1v) is 8.01. The third kappa shape index (κ3) is 2.61. The average molecular weight is 315 g/mol. The summed E-state index contributed by atoms with van der Waals surface area (Å²) in [6.07, 6.45) is 1.70. The van der Waals surface area contributed by atoms with Gasteiger partial charge in [0, 0.05) is 0 Å². The van der Waals surface area contributed by atoms with Crippen molar-refractivity contribution in [2.24, 2.45) is 0 Å². The van der Waals surface area contributed by atoms with E-state index < -0.39 is 0 Å². The van der Waals surface area contributed by atoms with Gasteiger partial charge in [-0.05, 0) is 76.6 Å². The van der Waals surface area contributed by atoms with Gasteiger partial charge in [-0.3, -0.25) is 0 Å². The average Bonchev–Trinajstić information content (AvgIpc) is 2.62. The second kappa shape index (κ2) is 5.97. The van der Waals surface area contributed by atoms with Crippen LogP contribution < -0.4 is 0 Å². The maximum absolute atomic E-state index is 13.3. The van der Waals surface area contributed by atoms with Gasteiger partial charge < -0.3 is 5.11 Å². The highest BCUT2D eigenvalue weighted by Gasteiger charge is 2.21. The molecule has 0 saturated carbocycles. The van der Waals surface area contributed by atoms with Crippen molar-refractivity contribution in [3.05, 3.63) is 101 Å². The summed E-state index contributed by atoms with van der Waals surface area (Å²) in [4.78, 5) is 0. The van der Waals surface area contributed by atoms with Gasteiger partial charge in [0.1, 0.15) is 11.6 Å². The molecule has 0 aliphatic heterocycles. The van der Waals surface area contributed by atoms with Gasteiger partial charge in [-0.1, -0.05) is 42.5 Å². The van der Waals surface area contributed by atoms with Gasteiger partial charge in [-0.15, -0.1) is 0 Å². The van der Waals surface area contributed by atoms with Crippen LogP contribution >= 0.6 is 0 Å². The zero-order valence-electron chi connectivity index (χ0n) is 13.1. The van der Waals surface area contributed by atoms with Crippen molar-refractivity contribution >= 4 is 11.1 Å². The highest BCUT2D eigenvalue weighted by molar-refractivity contribution is 6.00. The molecule has 1 aliphatic carbocycles. The maximum atomic E-state index is 13.3. The molecule has 2 heteroatoms. The molecule has 0 unspecified atom stereocenters. The zero-order valence-corrected chi connectivity index (χ0v) is 13.1. The number of phenols is 1. The van der Waals surface area contributed by atoms with E-state index >= 15 is 0 Å². The van der Waals surface area contributed by atoms with Crippen LogP contribution in [0.2, 0.25) is 0 Å². The lowest BCUT2D eigenvalue weighted by Crippen LogP contribution is -2.06. The predicted molar refractivity (Wildman–Crippen MR) is 94.0 cm³/mol. The van der Waals surface area contributed by atoms with Crippen molar-refractivity contribution < 1.29 is 9.50 Å². The van der Waals surface area contributed by atoms with Gasteiger partial charge in [-0.2, -0.15) is 0 Å². The molecule has 0 saturated heterocycles. The molecule has 3 aromatic carbocycles. The molecule has 1 N–H and O–H groups in total. The molecule has 24 heavy (non-hydrogen) atoms. The summed E-state index contributed by atoms with van der Waals surface area (Å²) in [6, 6.07) is 23.4. The minimum absolute atomic E-state index is 0.228. The second-order valence-electron chi connectivity index (χ2n) is 5.98. The fraction of sp³-hybridized carbons (Fsp3) is 0.0909. The number of benzene rings is 3. The van der Waals surface area contributed by atoms with Crippen LogP contribution in [-0.2, 0) is 6.42 Å². The number of aromatic hydroxyl groups is 1. The van der Waals surface area contributed by atoms with Crippen LogP contribution in [0.15, 0.2) is 66.7 Å². The molecule has 1 radical (unpaired) electrons. The molecule has 0 heterocycles. The molecule has 0 spiro atoms. The number of fused-ring (bicyclic) bond motifs is 1. The first kappa shape index (κ1) is 14.7. The number of hydrogen-bond donors (Lipinski definition) is 1. The van der Waals surface area contributed by atoms with E-state index in [4.69, 9.17) is 0 Å². The van der Waals surface area contributed by atoms with E-state index in [1.165, 1.54) is 17.7 Å². The Labute approximate surface area is 140 Å². The molecule has 1 aliphatic rings. The molecule has 117 valence electrons. The van der Waals surface area contributed by atoms with Crippen molar-refractivity contribution in [2.45, 2.75) is 12.8 Å². The van der Waals surface area contributed by atoms with Gasteiger partial charge in [0.05, 0.1) is 0 Å². The van der Waals surface area contributed by atoms with Crippen LogP contribution in [0.3, 0.4) is 0 Å². The SMILES string of the molecule is Oc1ccc2c(c1)CCC(c1ccc(F)cc1)=C2c1[c]cccc1. The van der Waals surface area contributed by atoms with Crippen LogP contribution in [-0.4, -0.2) is 5.11 Å². The Hall–Kier alpha value is -2.87. The summed E-state index contributed by atoms with van der Waals surface area (Å²) in [5, 5.41) is 9.79.